The molecular weight excluding hydrogens is 219 g/mol. The van der Waals surface area contributed by atoms with E-state index >= 15 is 0 Å². The third-order valence-corrected chi connectivity index (χ3v) is 3.16. The summed E-state index contributed by atoms with van der Waals surface area (Å²) in [4.78, 5) is 10.0. The highest BCUT2D eigenvalue weighted by Crippen LogP contribution is 2.12. The van der Waals surface area contributed by atoms with Crippen LogP contribution in [0.4, 0.5) is 0 Å². The van der Waals surface area contributed by atoms with Crippen molar-refractivity contribution in [3.05, 3.63) is 0 Å². The number of carbonyl (C=O) groups is 1. The van der Waals surface area contributed by atoms with Crippen LogP contribution in [0.5, 0.6) is 0 Å². The highest BCUT2D eigenvalue weighted by atomic mass is 35.5. The molecule has 3 heteroatoms. The van der Waals surface area contributed by atoms with Crippen molar-refractivity contribution in [2.75, 3.05) is 5.88 Å². The maximum atomic E-state index is 10.0. The first kappa shape index (κ1) is 14.2. The van der Waals surface area contributed by atoms with Gasteiger partial charge < -0.3 is 4.79 Å². The topological polar surface area (TPSA) is 17.1 Å². The van der Waals surface area contributed by atoms with Crippen molar-refractivity contribution in [2.24, 2.45) is 0 Å². The molecule has 0 saturated heterocycles. The van der Waals surface area contributed by atoms with Crippen LogP contribution in [0.25, 0.3) is 0 Å². The lowest BCUT2D eigenvalue weighted by Gasteiger charge is -2.04. The normalized spacial score (nSPS) is 12.7. The number of hydrogen-bond acceptors (Lipinski definition) is 1. The fraction of sp³-hybridized carbons (Fsp3) is 0.909. The van der Waals surface area contributed by atoms with Crippen LogP contribution >= 0.6 is 23.2 Å². The molecule has 0 heterocycles. The number of hydrogen-bond donors (Lipinski definition) is 0. The van der Waals surface area contributed by atoms with E-state index in [1.54, 1.807) is 0 Å². The molecule has 1 nitrogen and oxygen atoms in total. The molecule has 0 N–H and O–H groups in total. The maximum absolute atomic E-state index is 10.0. The summed E-state index contributed by atoms with van der Waals surface area (Å²) in [5.41, 5.74) is 0. The predicted molar refractivity (Wildman–Crippen MR) is 63.4 cm³/mol. The molecule has 0 bridgehead atoms. The largest absolute Gasteiger partial charge is 0.303 e. The molecule has 0 aromatic heterocycles. The van der Waals surface area contributed by atoms with E-state index in [0.717, 1.165) is 25.5 Å². The molecule has 0 aliphatic rings. The van der Waals surface area contributed by atoms with E-state index in [0.29, 0.717) is 5.88 Å². The Bertz CT molecular complexity index is 128. The lowest BCUT2D eigenvalue weighted by Crippen LogP contribution is -1.99. The molecule has 0 amide bonds. The number of aldehydes is 1. The van der Waals surface area contributed by atoms with Crippen LogP contribution in [-0.2, 0) is 4.79 Å². The molecule has 0 rings (SSSR count). The van der Waals surface area contributed by atoms with Gasteiger partial charge in [-0.2, -0.15) is 0 Å². The van der Waals surface area contributed by atoms with E-state index in [1.807, 2.05) is 0 Å². The van der Waals surface area contributed by atoms with Gasteiger partial charge in [0.25, 0.3) is 0 Å². The van der Waals surface area contributed by atoms with Crippen LogP contribution in [0.1, 0.15) is 51.4 Å². The molecule has 0 fully saturated rings. The Hall–Kier alpha value is 0.250. The Balaban J connectivity index is 2.95. The quantitative estimate of drug-likeness (QED) is 0.318. The fourth-order valence-corrected chi connectivity index (χ4v) is 1.69. The highest BCUT2D eigenvalue weighted by molar-refractivity contribution is 6.28. The molecule has 0 radical (unpaired) electrons. The van der Waals surface area contributed by atoms with Crippen molar-refractivity contribution in [1.82, 2.24) is 0 Å². The Kier molecular flexibility index (Phi) is 11.5. The molecule has 0 aliphatic carbocycles. The van der Waals surface area contributed by atoms with Gasteiger partial charge in [-0.1, -0.05) is 32.1 Å². The summed E-state index contributed by atoms with van der Waals surface area (Å²) in [5, 5.41) is 0.145. The molecule has 0 spiro atoms. The van der Waals surface area contributed by atoms with Crippen LogP contribution in [0.15, 0.2) is 0 Å². The van der Waals surface area contributed by atoms with Crippen molar-refractivity contribution >= 4 is 29.5 Å². The number of alkyl halides is 2. The van der Waals surface area contributed by atoms with Crippen LogP contribution in [-0.4, -0.2) is 17.5 Å². The number of carbonyl (C=O) groups excluding carboxylic acids is 1. The minimum atomic E-state index is 0.145. The lowest BCUT2D eigenvalue weighted by atomic mass is 10.1. The van der Waals surface area contributed by atoms with Crippen LogP contribution in [0, 0.1) is 0 Å². The first-order valence-electron chi connectivity index (χ1n) is 5.45. The van der Waals surface area contributed by atoms with Crippen molar-refractivity contribution < 1.29 is 4.79 Å². The summed E-state index contributed by atoms with van der Waals surface area (Å²) in [6.07, 6.45) is 9.87. The van der Waals surface area contributed by atoms with E-state index in [9.17, 15) is 4.79 Å². The van der Waals surface area contributed by atoms with Crippen LogP contribution < -0.4 is 0 Å². The van der Waals surface area contributed by atoms with Gasteiger partial charge in [-0.15, -0.1) is 23.2 Å². The molecule has 1 atom stereocenters. The van der Waals surface area contributed by atoms with Gasteiger partial charge in [0.1, 0.15) is 6.29 Å². The van der Waals surface area contributed by atoms with Gasteiger partial charge in [0.2, 0.25) is 0 Å². The summed E-state index contributed by atoms with van der Waals surface area (Å²) >= 11 is 11.5. The average molecular weight is 239 g/mol. The summed E-state index contributed by atoms with van der Waals surface area (Å²) in [5.74, 6) is 0.556. The molecular formula is C11H20Cl2O. The summed E-state index contributed by atoms with van der Waals surface area (Å²) in [7, 11) is 0. The molecule has 1 unspecified atom stereocenters. The summed E-state index contributed by atoms with van der Waals surface area (Å²) in [6.45, 7) is 0. The SMILES string of the molecule is O=CCCCCCCCCC(Cl)CCl. The predicted octanol–water partition coefficient (Wildman–Crippen LogP) is 4.15. The van der Waals surface area contributed by atoms with Gasteiger partial charge in [0.05, 0.1) is 0 Å². The zero-order chi connectivity index (χ0) is 10.6. The smallest absolute Gasteiger partial charge is 0.119 e. The molecule has 0 aliphatic heterocycles. The van der Waals surface area contributed by atoms with Gasteiger partial charge >= 0.3 is 0 Å². The zero-order valence-corrected chi connectivity index (χ0v) is 10.2. The van der Waals surface area contributed by atoms with Gasteiger partial charge in [-0.25, -0.2) is 0 Å². The molecule has 0 aromatic carbocycles. The Morgan fingerprint density at radius 1 is 1.00 bits per heavy atom. The standard InChI is InChI=1S/C11H20Cl2O/c12-10-11(13)8-6-4-2-1-3-5-7-9-14/h9,11H,1-8,10H2. The van der Waals surface area contributed by atoms with E-state index in [2.05, 4.69) is 0 Å². The van der Waals surface area contributed by atoms with Gasteiger partial charge in [0.15, 0.2) is 0 Å². The first-order chi connectivity index (χ1) is 6.81. The third-order valence-electron chi connectivity index (χ3n) is 2.26. The molecule has 0 aromatic rings. The van der Waals surface area contributed by atoms with Gasteiger partial charge in [-0.05, 0) is 12.8 Å². The minimum Gasteiger partial charge on any atom is -0.303 e. The third kappa shape index (κ3) is 10.3. The van der Waals surface area contributed by atoms with E-state index in [-0.39, 0.29) is 5.38 Å². The van der Waals surface area contributed by atoms with Crippen LogP contribution in [0.2, 0.25) is 0 Å². The van der Waals surface area contributed by atoms with Gasteiger partial charge in [0, 0.05) is 17.7 Å². The Morgan fingerprint density at radius 3 is 2.14 bits per heavy atom. The molecule has 84 valence electrons. The minimum absolute atomic E-state index is 0.145. The number of halogens is 2. The second-order valence-electron chi connectivity index (χ2n) is 3.62. The van der Waals surface area contributed by atoms with Crippen LogP contribution in [0.3, 0.4) is 0 Å². The molecule has 0 saturated carbocycles. The second-order valence-corrected chi connectivity index (χ2v) is 4.54. The van der Waals surface area contributed by atoms with Crippen molar-refractivity contribution in [2.45, 2.75) is 56.7 Å². The molecule has 14 heavy (non-hydrogen) atoms. The second kappa shape index (κ2) is 11.3. The first-order valence-corrected chi connectivity index (χ1v) is 6.42. The number of unbranched alkanes of at least 4 members (excludes halogenated alkanes) is 6. The van der Waals surface area contributed by atoms with E-state index in [4.69, 9.17) is 23.2 Å². The maximum Gasteiger partial charge on any atom is 0.119 e. The van der Waals surface area contributed by atoms with E-state index in [1.165, 1.54) is 32.1 Å². The monoisotopic (exact) mass is 238 g/mol. The lowest BCUT2D eigenvalue weighted by molar-refractivity contribution is -0.107. The van der Waals surface area contributed by atoms with Crippen molar-refractivity contribution in [3.8, 4) is 0 Å². The van der Waals surface area contributed by atoms with Crippen molar-refractivity contribution in [3.63, 3.8) is 0 Å². The van der Waals surface area contributed by atoms with Gasteiger partial charge in [-0.3, -0.25) is 0 Å². The fourth-order valence-electron chi connectivity index (χ4n) is 1.38. The Labute approximate surface area is 97.2 Å². The van der Waals surface area contributed by atoms with Crippen molar-refractivity contribution in [1.29, 1.82) is 0 Å². The Morgan fingerprint density at radius 2 is 1.57 bits per heavy atom. The summed E-state index contributed by atoms with van der Waals surface area (Å²) in [6, 6.07) is 0. The zero-order valence-electron chi connectivity index (χ0n) is 8.68. The number of rotatable bonds is 10. The van der Waals surface area contributed by atoms with E-state index < -0.39 is 0 Å². The average Bonchev–Trinajstić information content (AvgIpc) is 2.21. The highest BCUT2D eigenvalue weighted by Gasteiger charge is 2.00. The summed E-state index contributed by atoms with van der Waals surface area (Å²) < 4.78 is 0.